The van der Waals surface area contributed by atoms with Gasteiger partial charge in [0, 0.05) is 17.8 Å². The van der Waals surface area contributed by atoms with Gasteiger partial charge in [-0.05, 0) is 49.2 Å². The Bertz CT molecular complexity index is 585. The lowest BCUT2D eigenvalue weighted by molar-refractivity contribution is 0.386. The molecule has 114 valence electrons. The maximum atomic E-state index is 6.42. The first-order chi connectivity index (χ1) is 10.2. The van der Waals surface area contributed by atoms with Crippen molar-refractivity contribution in [1.29, 1.82) is 0 Å². The minimum atomic E-state index is 0.249. The number of hydrogen-bond donors (Lipinski definition) is 1. The molecule has 21 heavy (non-hydrogen) atoms. The summed E-state index contributed by atoms with van der Waals surface area (Å²) in [5.41, 5.74) is 2.63. The quantitative estimate of drug-likeness (QED) is 0.889. The van der Waals surface area contributed by atoms with Crippen molar-refractivity contribution in [3.63, 3.8) is 0 Å². The predicted octanol–water partition coefficient (Wildman–Crippen LogP) is 4.30. The second-order valence-corrected chi connectivity index (χ2v) is 7.14. The van der Waals surface area contributed by atoms with Gasteiger partial charge in [-0.1, -0.05) is 18.5 Å². The highest BCUT2D eigenvalue weighted by atomic mass is 35.5. The maximum absolute atomic E-state index is 6.42. The number of rotatable bonds is 5. The molecule has 0 aromatic carbocycles. The molecule has 2 unspecified atom stereocenters. The van der Waals surface area contributed by atoms with Gasteiger partial charge in [0.05, 0.1) is 23.0 Å². The first kappa shape index (κ1) is 15.1. The lowest BCUT2D eigenvalue weighted by atomic mass is 9.81. The molecule has 0 radical (unpaired) electrons. The number of fused-ring (bicyclic) bond motifs is 1. The average Bonchev–Trinajstić information content (AvgIpc) is 3.08. The number of halogens is 1. The van der Waals surface area contributed by atoms with Crippen LogP contribution in [0.3, 0.4) is 0 Å². The Morgan fingerprint density at radius 1 is 1.57 bits per heavy atom. The van der Waals surface area contributed by atoms with E-state index in [2.05, 4.69) is 28.8 Å². The summed E-state index contributed by atoms with van der Waals surface area (Å²) in [4.78, 5) is 1.55. The number of nitrogens with one attached hydrogen (secondary N) is 1. The monoisotopic (exact) mass is 323 g/mol. The van der Waals surface area contributed by atoms with Crippen molar-refractivity contribution >= 4 is 22.9 Å². The van der Waals surface area contributed by atoms with E-state index in [-0.39, 0.29) is 6.04 Å². The summed E-state index contributed by atoms with van der Waals surface area (Å²) in [6, 6.07) is 2.55. The Morgan fingerprint density at radius 3 is 3.14 bits per heavy atom. The molecule has 5 heteroatoms. The molecule has 1 N–H and O–H groups in total. The van der Waals surface area contributed by atoms with Crippen LogP contribution in [-0.2, 0) is 13.5 Å². The van der Waals surface area contributed by atoms with Crippen LogP contribution in [0.1, 0.15) is 54.3 Å². The summed E-state index contributed by atoms with van der Waals surface area (Å²) in [6.07, 6.45) is 6.58. The molecule has 2 atom stereocenters. The zero-order valence-corrected chi connectivity index (χ0v) is 14.2. The molecule has 1 aliphatic carbocycles. The molecule has 0 amide bonds. The van der Waals surface area contributed by atoms with Gasteiger partial charge in [-0.3, -0.25) is 4.68 Å². The van der Waals surface area contributed by atoms with Crippen molar-refractivity contribution in [2.75, 3.05) is 6.54 Å². The summed E-state index contributed by atoms with van der Waals surface area (Å²) in [5, 5.41) is 11.0. The molecule has 0 fully saturated rings. The highest BCUT2D eigenvalue weighted by molar-refractivity contribution is 7.10. The fraction of sp³-hybridized carbons (Fsp3) is 0.562. The Labute approximate surface area is 135 Å². The van der Waals surface area contributed by atoms with Crippen LogP contribution in [0.4, 0.5) is 0 Å². The summed E-state index contributed by atoms with van der Waals surface area (Å²) in [5.74, 6) is 0.499. The molecule has 2 aromatic rings. The third kappa shape index (κ3) is 2.89. The molecule has 1 aliphatic rings. The molecule has 3 nitrogen and oxygen atoms in total. The number of thiophene rings is 1. The van der Waals surface area contributed by atoms with E-state index in [0.717, 1.165) is 23.7 Å². The topological polar surface area (TPSA) is 29.9 Å². The number of aromatic nitrogens is 2. The second kappa shape index (κ2) is 6.51. The molecular weight excluding hydrogens is 302 g/mol. The molecule has 0 bridgehead atoms. The van der Waals surface area contributed by atoms with Gasteiger partial charge in [-0.2, -0.15) is 5.10 Å². The van der Waals surface area contributed by atoms with Crippen molar-refractivity contribution in [3.05, 3.63) is 38.8 Å². The predicted molar refractivity (Wildman–Crippen MR) is 89.3 cm³/mol. The third-order valence-electron chi connectivity index (χ3n) is 4.35. The fourth-order valence-electron chi connectivity index (χ4n) is 3.37. The molecule has 2 aromatic heterocycles. The first-order valence-corrected chi connectivity index (χ1v) is 8.95. The van der Waals surface area contributed by atoms with Gasteiger partial charge in [0.2, 0.25) is 0 Å². The van der Waals surface area contributed by atoms with Gasteiger partial charge in [0.1, 0.15) is 0 Å². The van der Waals surface area contributed by atoms with E-state index in [0.29, 0.717) is 5.92 Å². The van der Waals surface area contributed by atoms with Crippen molar-refractivity contribution in [2.24, 2.45) is 7.05 Å². The maximum Gasteiger partial charge on any atom is 0.0834 e. The summed E-state index contributed by atoms with van der Waals surface area (Å²) in [6.45, 7) is 3.20. The van der Waals surface area contributed by atoms with Gasteiger partial charge in [0.25, 0.3) is 0 Å². The van der Waals surface area contributed by atoms with Crippen molar-refractivity contribution in [2.45, 2.75) is 44.6 Å². The average molecular weight is 324 g/mol. The normalized spacial score (nSPS) is 19.5. The molecule has 0 saturated carbocycles. The minimum absolute atomic E-state index is 0.249. The number of nitrogens with zero attached hydrogens (tertiary/aromatic N) is 2. The SMILES string of the molecule is CCCNC(c1c(Cl)cnn1C)C1CCCc2sccc21. The lowest BCUT2D eigenvalue weighted by Gasteiger charge is -2.32. The third-order valence-corrected chi connectivity index (χ3v) is 5.63. The Balaban J connectivity index is 1.98. The molecular formula is C16H22ClN3S. The van der Waals surface area contributed by atoms with Gasteiger partial charge in [-0.25, -0.2) is 0 Å². The molecule has 0 aliphatic heterocycles. The van der Waals surface area contributed by atoms with Gasteiger partial charge in [-0.15, -0.1) is 11.3 Å². The van der Waals surface area contributed by atoms with E-state index in [1.165, 1.54) is 24.8 Å². The summed E-state index contributed by atoms with van der Waals surface area (Å²) in [7, 11) is 1.99. The first-order valence-electron chi connectivity index (χ1n) is 7.69. The van der Waals surface area contributed by atoms with E-state index in [1.54, 1.807) is 11.1 Å². The standard InChI is InChI=1S/C16H22ClN3S/c1-3-8-18-15(16-13(17)10-19-20(16)2)12-5-4-6-14-11(12)7-9-21-14/h7,9-10,12,15,18H,3-6,8H2,1-2H3. The Kier molecular flexibility index (Phi) is 4.67. The Hall–Kier alpha value is -0.840. The van der Waals surface area contributed by atoms with E-state index in [4.69, 9.17) is 11.6 Å². The molecule has 0 spiro atoms. The van der Waals surface area contributed by atoms with Gasteiger partial charge >= 0.3 is 0 Å². The second-order valence-electron chi connectivity index (χ2n) is 5.73. The van der Waals surface area contributed by atoms with Crippen LogP contribution in [0.2, 0.25) is 5.02 Å². The van der Waals surface area contributed by atoms with Crippen LogP contribution in [-0.4, -0.2) is 16.3 Å². The van der Waals surface area contributed by atoms with Gasteiger partial charge in [0.15, 0.2) is 0 Å². The number of hydrogen-bond acceptors (Lipinski definition) is 3. The summed E-state index contributed by atoms with van der Waals surface area (Å²) < 4.78 is 1.93. The summed E-state index contributed by atoms with van der Waals surface area (Å²) >= 11 is 8.31. The van der Waals surface area contributed by atoms with E-state index < -0.39 is 0 Å². The van der Waals surface area contributed by atoms with Crippen LogP contribution in [0, 0.1) is 0 Å². The van der Waals surface area contributed by atoms with Crippen LogP contribution >= 0.6 is 22.9 Å². The zero-order valence-electron chi connectivity index (χ0n) is 12.6. The van der Waals surface area contributed by atoms with Crippen LogP contribution in [0.25, 0.3) is 0 Å². The van der Waals surface area contributed by atoms with Gasteiger partial charge < -0.3 is 5.32 Å². The van der Waals surface area contributed by atoms with E-state index in [1.807, 2.05) is 23.1 Å². The van der Waals surface area contributed by atoms with Crippen LogP contribution in [0.15, 0.2) is 17.6 Å². The highest BCUT2D eigenvalue weighted by Gasteiger charge is 2.32. The smallest absolute Gasteiger partial charge is 0.0834 e. The highest BCUT2D eigenvalue weighted by Crippen LogP contribution is 2.43. The van der Waals surface area contributed by atoms with Crippen molar-refractivity contribution < 1.29 is 0 Å². The van der Waals surface area contributed by atoms with Crippen molar-refractivity contribution in [1.82, 2.24) is 15.1 Å². The Morgan fingerprint density at radius 2 is 2.43 bits per heavy atom. The van der Waals surface area contributed by atoms with Crippen molar-refractivity contribution in [3.8, 4) is 0 Å². The van der Waals surface area contributed by atoms with E-state index in [9.17, 15) is 0 Å². The largest absolute Gasteiger partial charge is 0.308 e. The van der Waals surface area contributed by atoms with Crippen LogP contribution < -0.4 is 5.32 Å². The van der Waals surface area contributed by atoms with E-state index >= 15 is 0 Å². The molecule has 3 rings (SSSR count). The minimum Gasteiger partial charge on any atom is -0.308 e. The fourth-order valence-corrected chi connectivity index (χ4v) is 4.65. The number of aryl methyl sites for hydroxylation is 2. The molecule has 0 saturated heterocycles. The zero-order chi connectivity index (χ0) is 14.8. The lowest BCUT2D eigenvalue weighted by Crippen LogP contribution is -2.31. The molecule has 2 heterocycles. The van der Waals surface area contributed by atoms with Crippen LogP contribution in [0.5, 0.6) is 0 Å².